The second-order valence-corrected chi connectivity index (χ2v) is 8.69. The van der Waals surface area contributed by atoms with Gasteiger partial charge in [0.1, 0.15) is 5.41 Å². The first-order chi connectivity index (χ1) is 13.9. The standard InChI is InChI=1S/C19H30N4O5S/c1-2-3-4-5-6-7-8-19(15(25)21-17(27)22-16(19)26)13-14(24)20-18(28)23-9-11-29-12-10-23/h2-13H2,1H3,(H,20,24,28)(H2,21,22,25,26,27). The van der Waals surface area contributed by atoms with Gasteiger partial charge in [0.05, 0.1) is 6.42 Å². The number of nitrogens with one attached hydrogen (secondary N) is 3. The number of urea groups is 2. The Morgan fingerprint density at radius 2 is 1.59 bits per heavy atom. The summed E-state index contributed by atoms with van der Waals surface area (Å²) in [6.07, 6.45) is 5.35. The summed E-state index contributed by atoms with van der Waals surface area (Å²) in [7, 11) is 0. The molecule has 0 unspecified atom stereocenters. The molecule has 0 saturated carbocycles. The Hall–Kier alpha value is -2.10. The number of rotatable bonds is 9. The maximum Gasteiger partial charge on any atom is 0.328 e. The molecule has 162 valence electrons. The molecule has 0 aromatic rings. The molecule has 2 saturated heterocycles. The van der Waals surface area contributed by atoms with Gasteiger partial charge in [-0.25, -0.2) is 9.59 Å². The van der Waals surface area contributed by atoms with Crippen LogP contribution >= 0.6 is 11.8 Å². The van der Waals surface area contributed by atoms with Crippen LogP contribution in [-0.4, -0.2) is 59.3 Å². The maximum absolute atomic E-state index is 12.6. The molecule has 0 aliphatic carbocycles. The van der Waals surface area contributed by atoms with Gasteiger partial charge in [0, 0.05) is 24.6 Å². The highest BCUT2D eigenvalue weighted by molar-refractivity contribution is 7.99. The first kappa shape index (κ1) is 23.2. The molecule has 3 N–H and O–H groups in total. The van der Waals surface area contributed by atoms with Gasteiger partial charge < -0.3 is 4.90 Å². The van der Waals surface area contributed by atoms with E-state index in [1.54, 1.807) is 16.7 Å². The van der Waals surface area contributed by atoms with Crippen molar-refractivity contribution in [2.24, 2.45) is 5.41 Å². The summed E-state index contributed by atoms with van der Waals surface area (Å²) in [6, 6.07) is -1.40. The van der Waals surface area contributed by atoms with Crippen molar-refractivity contribution in [3.63, 3.8) is 0 Å². The lowest BCUT2D eigenvalue weighted by Gasteiger charge is -2.33. The predicted octanol–water partition coefficient (Wildman–Crippen LogP) is 1.76. The molecule has 0 bridgehead atoms. The Bertz CT molecular complexity index is 629. The SMILES string of the molecule is CCCCCCCCC1(CC(=O)NC(=O)N2CCSCC2)C(=O)NC(=O)NC1=O. The normalized spacial score (nSPS) is 18.8. The Labute approximate surface area is 175 Å². The van der Waals surface area contributed by atoms with E-state index in [0.29, 0.717) is 19.5 Å². The number of barbiturate groups is 1. The van der Waals surface area contributed by atoms with E-state index in [1.807, 2.05) is 0 Å². The fraction of sp³-hybridized carbons (Fsp3) is 0.737. The Balaban J connectivity index is 1.99. The number of hydrogen-bond donors (Lipinski definition) is 3. The second-order valence-electron chi connectivity index (χ2n) is 7.47. The summed E-state index contributed by atoms with van der Waals surface area (Å²) in [4.78, 5) is 62.9. The lowest BCUT2D eigenvalue weighted by molar-refractivity contribution is -0.148. The van der Waals surface area contributed by atoms with Gasteiger partial charge in [-0.15, -0.1) is 0 Å². The van der Waals surface area contributed by atoms with Crippen molar-refractivity contribution in [1.82, 2.24) is 20.9 Å². The maximum atomic E-state index is 12.6. The van der Waals surface area contributed by atoms with E-state index in [2.05, 4.69) is 22.9 Å². The molecular formula is C19H30N4O5S. The summed E-state index contributed by atoms with van der Waals surface area (Å²) in [6.45, 7) is 3.20. The molecule has 10 heteroatoms. The monoisotopic (exact) mass is 426 g/mol. The number of nitrogens with zero attached hydrogens (tertiary/aromatic N) is 1. The van der Waals surface area contributed by atoms with Crippen molar-refractivity contribution in [2.75, 3.05) is 24.6 Å². The lowest BCUT2D eigenvalue weighted by atomic mass is 9.76. The molecular weight excluding hydrogens is 396 g/mol. The van der Waals surface area contributed by atoms with E-state index < -0.39 is 41.6 Å². The molecule has 0 aromatic carbocycles. The molecule has 0 atom stereocenters. The first-order valence-electron chi connectivity index (χ1n) is 10.2. The van der Waals surface area contributed by atoms with E-state index in [4.69, 9.17) is 0 Å². The summed E-state index contributed by atoms with van der Waals surface area (Å²) in [5, 5.41) is 6.48. The largest absolute Gasteiger partial charge is 0.328 e. The average molecular weight is 427 g/mol. The predicted molar refractivity (Wildman–Crippen MR) is 109 cm³/mol. The minimum Gasteiger partial charge on any atom is -0.323 e. The third-order valence-electron chi connectivity index (χ3n) is 5.29. The first-order valence-corrected chi connectivity index (χ1v) is 11.4. The van der Waals surface area contributed by atoms with Crippen LogP contribution in [-0.2, 0) is 14.4 Å². The highest BCUT2D eigenvalue weighted by Crippen LogP contribution is 2.32. The third kappa shape index (κ3) is 6.45. The molecule has 0 spiro atoms. The van der Waals surface area contributed by atoms with Crippen molar-refractivity contribution in [1.29, 1.82) is 0 Å². The zero-order valence-electron chi connectivity index (χ0n) is 16.9. The Kier molecular flexibility index (Phi) is 8.94. The minimum atomic E-state index is -1.68. The zero-order chi connectivity index (χ0) is 21.3. The lowest BCUT2D eigenvalue weighted by Crippen LogP contribution is -2.63. The van der Waals surface area contributed by atoms with E-state index in [-0.39, 0.29) is 6.42 Å². The van der Waals surface area contributed by atoms with Crippen LogP contribution in [0.1, 0.15) is 58.3 Å². The topological polar surface area (TPSA) is 125 Å². The minimum absolute atomic E-state index is 0.145. The third-order valence-corrected chi connectivity index (χ3v) is 6.23. The van der Waals surface area contributed by atoms with Crippen LogP contribution in [0.3, 0.4) is 0 Å². The van der Waals surface area contributed by atoms with Crippen LogP contribution < -0.4 is 16.0 Å². The molecule has 7 amide bonds. The van der Waals surface area contributed by atoms with Gasteiger partial charge in [-0.1, -0.05) is 45.4 Å². The number of carbonyl (C=O) groups is 5. The van der Waals surface area contributed by atoms with Crippen LogP contribution in [0, 0.1) is 5.41 Å². The highest BCUT2D eigenvalue weighted by atomic mass is 32.2. The molecule has 0 radical (unpaired) electrons. The number of imide groups is 3. The molecule has 9 nitrogen and oxygen atoms in total. The van der Waals surface area contributed by atoms with Crippen molar-refractivity contribution >= 4 is 41.5 Å². The van der Waals surface area contributed by atoms with E-state index >= 15 is 0 Å². The second kappa shape index (κ2) is 11.2. The van der Waals surface area contributed by atoms with Gasteiger partial charge in [-0.05, 0) is 6.42 Å². The van der Waals surface area contributed by atoms with Crippen molar-refractivity contribution in [3.05, 3.63) is 0 Å². The number of unbranched alkanes of at least 4 members (excludes halogenated alkanes) is 5. The molecule has 29 heavy (non-hydrogen) atoms. The number of carbonyl (C=O) groups excluding carboxylic acids is 5. The summed E-state index contributed by atoms with van der Waals surface area (Å²) in [5.41, 5.74) is -1.68. The Morgan fingerprint density at radius 1 is 1.00 bits per heavy atom. The molecule has 2 heterocycles. The Morgan fingerprint density at radius 3 is 2.21 bits per heavy atom. The van der Waals surface area contributed by atoms with Crippen molar-refractivity contribution in [3.8, 4) is 0 Å². The van der Waals surface area contributed by atoms with E-state index in [9.17, 15) is 24.0 Å². The molecule has 0 aromatic heterocycles. The summed E-state index contributed by atoms with van der Waals surface area (Å²) in [5.74, 6) is -0.653. The van der Waals surface area contributed by atoms with Gasteiger partial charge in [0.25, 0.3) is 0 Å². The van der Waals surface area contributed by atoms with Crippen LogP contribution in [0.25, 0.3) is 0 Å². The van der Waals surface area contributed by atoms with Crippen LogP contribution in [0.5, 0.6) is 0 Å². The zero-order valence-corrected chi connectivity index (χ0v) is 17.7. The van der Waals surface area contributed by atoms with Gasteiger partial charge in [0.15, 0.2) is 0 Å². The van der Waals surface area contributed by atoms with Gasteiger partial charge >= 0.3 is 12.1 Å². The number of amides is 7. The highest BCUT2D eigenvalue weighted by Gasteiger charge is 2.51. The molecule has 2 rings (SSSR count). The fourth-order valence-electron chi connectivity index (χ4n) is 3.55. The van der Waals surface area contributed by atoms with Crippen molar-refractivity contribution < 1.29 is 24.0 Å². The van der Waals surface area contributed by atoms with Gasteiger partial charge in [0.2, 0.25) is 17.7 Å². The average Bonchev–Trinajstić information content (AvgIpc) is 2.69. The fourth-order valence-corrected chi connectivity index (χ4v) is 4.45. The van der Waals surface area contributed by atoms with Crippen LogP contribution in [0.2, 0.25) is 0 Å². The van der Waals surface area contributed by atoms with E-state index in [0.717, 1.165) is 43.6 Å². The number of thioether (sulfide) groups is 1. The van der Waals surface area contributed by atoms with Gasteiger partial charge in [-0.2, -0.15) is 11.8 Å². The van der Waals surface area contributed by atoms with Crippen LogP contribution in [0.15, 0.2) is 0 Å². The smallest absolute Gasteiger partial charge is 0.323 e. The van der Waals surface area contributed by atoms with E-state index in [1.165, 1.54) is 0 Å². The molecule has 2 fully saturated rings. The molecule has 2 aliphatic rings. The van der Waals surface area contributed by atoms with Crippen LogP contribution in [0.4, 0.5) is 9.59 Å². The molecule has 2 aliphatic heterocycles. The number of hydrogen-bond acceptors (Lipinski definition) is 6. The van der Waals surface area contributed by atoms with Crippen molar-refractivity contribution in [2.45, 2.75) is 58.3 Å². The summed E-state index contributed by atoms with van der Waals surface area (Å²) < 4.78 is 0. The van der Waals surface area contributed by atoms with Gasteiger partial charge in [-0.3, -0.25) is 30.3 Å². The quantitative estimate of drug-likeness (QED) is 0.381. The summed E-state index contributed by atoms with van der Waals surface area (Å²) >= 11 is 1.74.